The molecule has 0 bridgehead atoms. The predicted octanol–water partition coefficient (Wildman–Crippen LogP) is 3.99. The van der Waals surface area contributed by atoms with Crippen molar-refractivity contribution in [2.75, 3.05) is 0 Å². The number of esters is 1. The molecule has 0 aliphatic heterocycles. The number of rotatable bonds is 5. The first-order chi connectivity index (χ1) is 8.96. The lowest BCUT2D eigenvalue weighted by Gasteiger charge is -2.19. The molecule has 19 heavy (non-hydrogen) atoms. The highest BCUT2D eigenvalue weighted by Gasteiger charge is 2.44. The molecule has 0 spiro atoms. The van der Waals surface area contributed by atoms with E-state index in [4.69, 9.17) is 4.74 Å². The fraction of sp³-hybridized carbons (Fsp3) is 0.588. The van der Waals surface area contributed by atoms with E-state index < -0.39 is 0 Å². The fourth-order valence-electron chi connectivity index (χ4n) is 2.45. The summed E-state index contributed by atoms with van der Waals surface area (Å²) in [5.41, 5.74) is 1.03. The minimum absolute atomic E-state index is 0.00258. The van der Waals surface area contributed by atoms with Crippen molar-refractivity contribution in [3.63, 3.8) is 0 Å². The molecule has 1 aromatic rings. The lowest BCUT2D eigenvalue weighted by molar-refractivity contribution is -0.156. The molecule has 0 amide bonds. The molecule has 1 aliphatic rings. The standard InChI is InChI=1S/C17H24O2/c1-17(2,3)19-16(18)15-12-14(15)11-7-10-13-8-5-4-6-9-13/h4-6,8-9,14-15H,7,10-12H2,1-3H3/t14-,15-/m0/s1. The van der Waals surface area contributed by atoms with Crippen LogP contribution in [0.25, 0.3) is 0 Å². The van der Waals surface area contributed by atoms with Crippen LogP contribution >= 0.6 is 0 Å². The summed E-state index contributed by atoms with van der Waals surface area (Å²) in [6, 6.07) is 10.5. The molecule has 0 aromatic heterocycles. The minimum atomic E-state index is -0.353. The molecule has 1 fully saturated rings. The van der Waals surface area contributed by atoms with Crippen LogP contribution in [0.3, 0.4) is 0 Å². The molecule has 1 aromatic carbocycles. The number of hydrogen-bond acceptors (Lipinski definition) is 2. The minimum Gasteiger partial charge on any atom is -0.460 e. The van der Waals surface area contributed by atoms with Gasteiger partial charge in [-0.1, -0.05) is 30.3 Å². The second kappa shape index (κ2) is 5.77. The van der Waals surface area contributed by atoms with Gasteiger partial charge >= 0.3 is 5.97 Å². The number of benzene rings is 1. The Morgan fingerprint density at radius 1 is 1.26 bits per heavy atom. The van der Waals surface area contributed by atoms with Gasteiger partial charge in [-0.25, -0.2) is 0 Å². The van der Waals surface area contributed by atoms with Crippen molar-refractivity contribution in [3.8, 4) is 0 Å². The molecule has 1 saturated carbocycles. The number of ether oxygens (including phenoxy) is 1. The van der Waals surface area contributed by atoms with Crippen LogP contribution in [0.2, 0.25) is 0 Å². The highest BCUT2D eigenvalue weighted by Crippen LogP contribution is 2.43. The summed E-state index contributed by atoms with van der Waals surface area (Å²) >= 11 is 0. The van der Waals surface area contributed by atoms with Crippen LogP contribution in [0.1, 0.15) is 45.6 Å². The molecule has 0 radical (unpaired) electrons. The summed E-state index contributed by atoms with van der Waals surface area (Å²) < 4.78 is 5.42. The summed E-state index contributed by atoms with van der Waals surface area (Å²) in [5.74, 6) is 0.714. The zero-order chi connectivity index (χ0) is 13.9. The Morgan fingerprint density at radius 3 is 2.58 bits per heavy atom. The van der Waals surface area contributed by atoms with Crippen molar-refractivity contribution in [3.05, 3.63) is 35.9 Å². The molecule has 2 rings (SSSR count). The summed E-state index contributed by atoms with van der Waals surface area (Å²) in [6.45, 7) is 5.78. The van der Waals surface area contributed by atoms with E-state index in [-0.39, 0.29) is 17.5 Å². The largest absolute Gasteiger partial charge is 0.460 e. The van der Waals surface area contributed by atoms with Gasteiger partial charge in [0.05, 0.1) is 5.92 Å². The van der Waals surface area contributed by atoms with Crippen molar-refractivity contribution in [2.24, 2.45) is 11.8 Å². The van der Waals surface area contributed by atoms with Crippen LogP contribution in [0, 0.1) is 11.8 Å². The first-order valence-corrected chi connectivity index (χ1v) is 7.22. The van der Waals surface area contributed by atoms with Gasteiger partial charge in [-0.2, -0.15) is 0 Å². The summed E-state index contributed by atoms with van der Waals surface area (Å²) in [4.78, 5) is 11.8. The van der Waals surface area contributed by atoms with Gasteiger partial charge in [-0.3, -0.25) is 4.79 Å². The maximum Gasteiger partial charge on any atom is 0.309 e. The Morgan fingerprint density at radius 2 is 1.95 bits per heavy atom. The molecule has 2 heteroatoms. The van der Waals surface area contributed by atoms with E-state index in [1.54, 1.807) is 0 Å². The lowest BCUT2D eigenvalue weighted by Crippen LogP contribution is -2.25. The molecular weight excluding hydrogens is 236 g/mol. The van der Waals surface area contributed by atoms with Crippen LogP contribution in [0.4, 0.5) is 0 Å². The highest BCUT2D eigenvalue weighted by atomic mass is 16.6. The smallest absolute Gasteiger partial charge is 0.309 e. The average molecular weight is 260 g/mol. The van der Waals surface area contributed by atoms with Gasteiger partial charge < -0.3 is 4.74 Å². The van der Waals surface area contributed by atoms with Gasteiger partial charge in [0.2, 0.25) is 0 Å². The van der Waals surface area contributed by atoms with Crippen LogP contribution in [0.5, 0.6) is 0 Å². The van der Waals surface area contributed by atoms with E-state index in [9.17, 15) is 4.79 Å². The first kappa shape index (κ1) is 14.1. The van der Waals surface area contributed by atoms with E-state index in [2.05, 4.69) is 24.3 Å². The topological polar surface area (TPSA) is 26.3 Å². The normalized spacial score (nSPS) is 22.1. The maximum atomic E-state index is 11.8. The van der Waals surface area contributed by atoms with Crippen molar-refractivity contribution in [1.29, 1.82) is 0 Å². The molecule has 1 aliphatic carbocycles. The predicted molar refractivity (Wildman–Crippen MR) is 76.8 cm³/mol. The molecule has 2 atom stereocenters. The van der Waals surface area contributed by atoms with E-state index in [1.807, 2.05) is 26.8 Å². The van der Waals surface area contributed by atoms with Crippen LogP contribution in [-0.2, 0) is 16.0 Å². The second-order valence-corrected chi connectivity index (χ2v) is 6.51. The van der Waals surface area contributed by atoms with Gasteiger partial charge in [0, 0.05) is 0 Å². The second-order valence-electron chi connectivity index (χ2n) is 6.51. The van der Waals surface area contributed by atoms with Gasteiger partial charge in [0.1, 0.15) is 5.60 Å². The Hall–Kier alpha value is -1.31. The third-order valence-corrected chi connectivity index (χ3v) is 3.52. The molecule has 0 N–H and O–H groups in total. The zero-order valence-electron chi connectivity index (χ0n) is 12.2. The SMILES string of the molecule is CC(C)(C)OC(=O)[C@H]1C[C@@H]1CCCc1ccccc1. The summed E-state index contributed by atoms with van der Waals surface area (Å²) in [5, 5.41) is 0. The van der Waals surface area contributed by atoms with Crippen molar-refractivity contribution in [1.82, 2.24) is 0 Å². The average Bonchev–Trinajstić information content (AvgIpc) is 3.08. The van der Waals surface area contributed by atoms with Crippen LogP contribution in [-0.4, -0.2) is 11.6 Å². The van der Waals surface area contributed by atoms with Crippen LogP contribution in [0.15, 0.2) is 30.3 Å². The molecule has 0 heterocycles. The Labute approximate surface area is 116 Å². The van der Waals surface area contributed by atoms with Gasteiger partial charge in [-0.15, -0.1) is 0 Å². The third-order valence-electron chi connectivity index (χ3n) is 3.52. The molecule has 104 valence electrons. The summed E-state index contributed by atoms with van der Waals surface area (Å²) in [6.07, 6.45) is 4.43. The highest BCUT2D eigenvalue weighted by molar-refractivity contribution is 5.76. The molecule has 0 saturated heterocycles. The number of carbonyl (C=O) groups excluding carboxylic acids is 1. The fourth-order valence-corrected chi connectivity index (χ4v) is 2.45. The van der Waals surface area contributed by atoms with Gasteiger partial charge in [-0.05, 0) is 57.9 Å². The monoisotopic (exact) mass is 260 g/mol. The van der Waals surface area contributed by atoms with E-state index >= 15 is 0 Å². The lowest BCUT2D eigenvalue weighted by atomic mass is 10.1. The summed E-state index contributed by atoms with van der Waals surface area (Å²) in [7, 11) is 0. The molecule has 2 nitrogen and oxygen atoms in total. The quantitative estimate of drug-likeness (QED) is 0.748. The van der Waals surface area contributed by atoms with Crippen molar-refractivity contribution < 1.29 is 9.53 Å². The number of carbonyl (C=O) groups is 1. The third kappa shape index (κ3) is 4.70. The van der Waals surface area contributed by atoms with E-state index in [1.165, 1.54) is 5.56 Å². The van der Waals surface area contributed by atoms with E-state index in [0.29, 0.717) is 5.92 Å². The Bertz CT molecular complexity index is 417. The van der Waals surface area contributed by atoms with Gasteiger partial charge in [0.25, 0.3) is 0 Å². The zero-order valence-corrected chi connectivity index (χ0v) is 12.2. The first-order valence-electron chi connectivity index (χ1n) is 7.22. The van der Waals surface area contributed by atoms with Crippen molar-refractivity contribution in [2.45, 2.75) is 52.1 Å². The Kier molecular flexibility index (Phi) is 4.28. The molecule has 0 unspecified atom stereocenters. The maximum absolute atomic E-state index is 11.8. The Balaban J connectivity index is 1.66. The number of aryl methyl sites for hydroxylation is 1. The van der Waals surface area contributed by atoms with Crippen molar-refractivity contribution >= 4 is 5.97 Å². The molecular formula is C17H24O2. The van der Waals surface area contributed by atoms with Gasteiger partial charge in [0.15, 0.2) is 0 Å². The van der Waals surface area contributed by atoms with E-state index in [0.717, 1.165) is 25.7 Å². The number of hydrogen-bond donors (Lipinski definition) is 0. The van der Waals surface area contributed by atoms with Crippen LogP contribution < -0.4 is 0 Å².